The number of nitrogens with one attached hydrogen (secondary N) is 1. The maximum atomic E-state index is 12.1. The Hall–Kier alpha value is -2.63. The minimum Gasteiger partial charge on any atom is -0.348 e. The van der Waals surface area contributed by atoms with Crippen molar-refractivity contribution in [2.75, 3.05) is 25.0 Å². The van der Waals surface area contributed by atoms with Crippen LogP contribution in [0.1, 0.15) is 24.9 Å². The summed E-state index contributed by atoms with van der Waals surface area (Å²) in [5, 5.41) is 2.94. The standard InChI is InChI=1S/C17H21N3O3/c1-4-17(23)19(3)11-16(22)18-14-9-10-20(12(2)21)15-8-6-5-7-13(14)15/h4-8,14H,1,9-11H2,2-3H3,(H,18,22). The highest BCUT2D eigenvalue weighted by Gasteiger charge is 2.28. The van der Waals surface area contributed by atoms with Gasteiger partial charge in [0.05, 0.1) is 12.6 Å². The third-order valence-corrected chi connectivity index (χ3v) is 3.89. The second-order valence-corrected chi connectivity index (χ2v) is 5.54. The van der Waals surface area contributed by atoms with Crippen LogP contribution in [0.4, 0.5) is 5.69 Å². The van der Waals surface area contributed by atoms with Crippen LogP contribution >= 0.6 is 0 Å². The van der Waals surface area contributed by atoms with E-state index < -0.39 is 0 Å². The lowest BCUT2D eigenvalue weighted by Gasteiger charge is -2.34. The van der Waals surface area contributed by atoms with E-state index in [0.717, 1.165) is 11.3 Å². The van der Waals surface area contributed by atoms with E-state index in [4.69, 9.17) is 0 Å². The SMILES string of the molecule is C=CC(=O)N(C)CC(=O)NC1CCN(C(C)=O)c2ccccc21. The molecule has 0 spiro atoms. The fourth-order valence-corrected chi connectivity index (χ4v) is 2.73. The average molecular weight is 315 g/mol. The van der Waals surface area contributed by atoms with E-state index in [1.165, 1.54) is 17.9 Å². The van der Waals surface area contributed by atoms with Crippen LogP contribution in [0.5, 0.6) is 0 Å². The third kappa shape index (κ3) is 3.77. The highest BCUT2D eigenvalue weighted by atomic mass is 16.2. The summed E-state index contributed by atoms with van der Waals surface area (Å²) in [5.41, 5.74) is 1.74. The zero-order chi connectivity index (χ0) is 17.0. The number of benzene rings is 1. The summed E-state index contributed by atoms with van der Waals surface area (Å²) < 4.78 is 0. The number of nitrogens with zero attached hydrogens (tertiary/aromatic N) is 2. The van der Waals surface area contributed by atoms with E-state index >= 15 is 0 Å². The fourth-order valence-electron chi connectivity index (χ4n) is 2.73. The number of anilines is 1. The highest BCUT2D eigenvalue weighted by molar-refractivity contribution is 5.93. The molecule has 0 saturated carbocycles. The number of likely N-dealkylation sites (N-methyl/N-ethyl adjacent to an activating group) is 1. The Kier molecular flexibility index (Phi) is 5.16. The van der Waals surface area contributed by atoms with Crippen molar-refractivity contribution < 1.29 is 14.4 Å². The van der Waals surface area contributed by atoms with E-state index in [0.29, 0.717) is 13.0 Å². The summed E-state index contributed by atoms with van der Waals surface area (Å²) in [6.07, 6.45) is 1.81. The molecule has 1 heterocycles. The number of amides is 3. The van der Waals surface area contributed by atoms with Gasteiger partial charge in [-0.15, -0.1) is 0 Å². The fraction of sp³-hybridized carbons (Fsp3) is 0.353. The molecule has 6 nitrogen and oxygen atoms in total. The van der Waals surface area contributed by atoms with E-state index in [1.807, 2.05) is 24.3 Å². The van der Waals surface area contributed by atoms with Gasteiger partial charge in [-0.3, -0.25) is 14.4 Å². The first-order chi connectivity index (χ1) is 10.9. The van der Waals surface area contributed by atoms with Crippen LogP contribution in [-0.4, -0.2) is 42.8 Å². The summed E-state index contributed by atoms with van der Waals surface area (Å²) in [4.78, 5) is 38.3. The van der Waals surface area contributed by atoms with Crippen molar-refractivity contribution in [3.8, 4) is 0 Å². The predicted octanol–water partition coefficient (Wildman–Crippen LogP) is 1.24. The molecule has 1 aromatic carbocycles. The summed E-state index contributed by atoms with van der Waals surface area (Å²) >= 11 is 0. The van der Waals surface area contributed by atoms with Gasteiger partial charge in [0.2, 0.25) is 17.7 Å². The van der Waals surface area contributed by atoms with Gasteiger partial charge >= 0.3 is 0 Å². The molecule has 0 fully saturated rings. The second-order valence-electron chi connectivity index (χ2n) is 5.54. The molecule has 2 rings (SSSR count). The number of carbonyl (C=O) groups excluding carboxylic acids is 3. The zero-order valence-electron chi connectivity index (χ0n) is 13.4. The molecule has 1 unspecified atom stereocenters. The monoisotopic (exact) mass is 315 g/mol. The lowest BCUT2D eigenvalue weighted by Crippen LogP contribution is -2.43. The Morgan fingerprint density at radius 2 is 2.09 bits per heavy atom. The molecular weight excluding hydrogens is 294 g/mol. The quantitative estimate of drug-likeness (QED) is 0.850. The first-order valence-corrected chi connectivity index (χ1v) is 7.48. The molecule has 0 radical (unpaired) electrons. The number of fused-ring (bicyclic) bond motifs is 1. The van der Waals surface area contributed by atoms with Gasteiger partial charge in [0.15, 0.2) is 0 Å². The Balaban J connectivity index is 2.11. The van der Waals surface area contributed by atoms with Gasteiger partial charge in [-0.05, 0) is 24.1 Å². The highest BCUT2D eigenvalue weighted by Crippen LogP contribution is 2.33. The van der Waals surface area contributed by atoms with Crippen molar-refractivity contribution in [3.05, 3.63) is 42.5 Å². The number of rotatable bonds is 4. The molecule has 1 aliphatic heterocycles. The van der Waals surface area contributed by atoms with Gasteiger partial charge in [0.25, 0.3) is 0 Å². The smallest absolute Gasteiger partial charge is 0.246 e. The number of hydrogen-bond acceptors (Lipinski definition) is 3. The summed E-state index contributed by atoms with van der Waals surface area (Å²) in [6.45, 7) is 5.46. The van der Waals surface area contributed by atoms with E-state index in [9.17, 15) is 14.4 Å². The molecule has 23 heavy (non-hydrogen) atoms. The van der Waals surface area contributed by atoms with E-state index in [-0.39, 0.29) is 30.3 Å². The minimum atomic E-state index is -0.299. The minimum absolute atomic E-state index is 0.0152. The first kappa shape index (κ1) is 16.7. The van der Waals surface area contributed by atoms with Crippen LogP contribution in [-0.2, 0) is 14.4 Å². The van der Waals surface area contributed by atoms with Crippen LogP contribution in [0, 0.1) is 0 Å². The van der Waals surface area contributed by atoms with Crippen molar-refractivity contribution in [1.29, 1.82) is 0 Å². The molecule has 0 aliphatic carbocycles. The van der Waals surface area contributed by atoms with Crippen molar-refractivity contribution >= 4 is 23.4 Å². The molecule has 1 aromatic rings. The largest absolute Gasteiger partial charge is 0.348 e. The molecule has 0 aromatic heterocycles. The molecule has 0 saturated heterocycles. The van der Waals surface area contributed by atoms with Gasteiger partial charge in [-0.25, -0.2) is 0 Å². The normalized spacial score (nSPS) is 16.3. The number of carbonyl (C=O) groups is 3. The lowest BCUT2D eigenvalue weighted by atomic mass is 9.96. The maximum absolute atomic E-state index is 12.1. The van der Waals surface area contributed by atoms with Crippen LogP contribution in [0.2, 0.25) is 0 Å². The molecule has 1 N–H and O–H groups in total. The summed E-state index contributed by atoms with van der Waals surface area (Å²) in [7, 11) is 1.55. The molecule has 1 aliphatic rings. The average Bonchev–Trinajstić information content (AvgIpc) is 2.53. The second kappa shape index (κ2) is 7.09. The topological polar surface area (TPSA) is 69.7 Å². The number of hydrogen-bond donors (Lipinski definition) is 1. The molecule has 3 amide bonds. The summed E-state index contributed by atoms with van der Waals surface area (Å²) in [6, 6.07) is 7.38. The lowest BCUT2D eigenvalue weighted by molar-refractivity contribution is -0.131. The molecule has 122 valence electrons. The molecule has 0 bridgehead atoms. The van der Waals surface area contributed by atoms with Crippen molar-refractivity contribution in [2.24, 2.45) is 0 Å². The van der Waals surface area contributed by atoms with Crippen LogP contribution in [0.3, 0.4) is 0 Å². The van der Waals surface area contributed by atoms with Gasteiger partial charge in [-0.2, -0.15) is 0 Å². The van der Waals surface area contributed by atoms with Gasteiger partial charge in [0, 0.05) is 26.2 Å². The van der Waals surface area contributed by atoms with Crippen molar-refractivity contribution in [3.63, 3.8) is 0 Å². The summed E-state index contributed by atoms with van der Waals surface area (Å²) in [5.74, 6) is -0.552. The van der Waals surface area contributed by atoms with Crippen LogP contribution in [0.25, 0.3) is 0 Å². The molecular formula is C17H21N3O3. The third-order valence-electron chi connectivity index (χ3n) is 3.89. The predicted molar refractivity (Wildman–Crippen MR) is 87.8 cm³/mol. The van der Waals surface area contributed by atoms with Gasteiger partial charge in [0.1, 0.15) is 0 Å². The van der Waals surface area contributed by atoms with Crippen LogP contribution in [0.15, 0.2) is 36.9 Å². The van der Waals surface area contributed by atoms with Crippen LogP contribution < -0.4 is 10.2 Å². The van der Waals surface area contributed by atoms with Gasteiger partial charge < -0.3 is 15.1 Å². The number of para-hydroxylation sites is 1. The maximum Gasteiger partial charge on any atom is 0.246 e. The van der Waals surface area contributed by atoms with Crippen molar-refractivity contribution in [2.45, 2.75) is 19.4 Å². The van der Waals surface area contributed by atoms with Crippen molar-refractivity contribution in [1.82, 2.24) is 10.2 Å². The zero-order valence-corrected chi connectivity index (χ0v) is 13.4. The Labute approximate surface area is 135 Å². The molecule has 6 heteroatoms. The first-order valence-electron chi connectivity index (χ1n) is 7.48. The Morgan fingerprint density at radius 3 is 2.74 bits per heavy atom. The van der Waals surface area contributed by atoms with Gasteiger partial charge in [-0.1, -0.05) is 24.8 Å². The molecule has 1 atom stereocenters. The van der Waals surface area contributed by atoms with E-state index in [2.05, 4.69) is 11.9 Å². The Morgan fingerprint density at radius 1 is 1.39 bits per heavy atom. The Bertz CT molecular complexity index is 642. The van der Waals surface area contributed by atoms with E-state index in [1.54, 1.807) is 11.9 Å².